The summed E-state index contributed by atoms with van der Waals surface area (Å²) in [6, 6.07) is 0. The van der Waals surface area contributed by atoms with Crippen molar-refractivity contribution >= 4 is 41.3 Å². The molecule has 0 bridgehead atoms. The molecule has 1 aromatic heterocycles. The Morgan fingerprint density at radius 1 is 1.59 bits per heavy atom. The highest BCUT2D eigenvalue weighted by Gasteiger charge is 1.98. The molecule has 0 atom stereocenters. The number of nitrogens with one attached hydrogen (secondary N) is 2. The van der Waals surface area contributed by atoms with Gasteiger partial charge in [-0.3, -0.25) is 0 Å². The van der Waals surface area contributed by atoms with Crippen LogP contribution in [0.15, 0.2) is 23.8 Å². The van der Waals surface area contributed by atoms with Gasteiger partial charge in [-0.25, -0.2) is 9.98 Å². The van der Waals surface area contributed by atoms with Crippen LogP contribution in [0.3, 0.4) is 0 Å². The van der Waals surface area contributed by atoms with Crippen LogP contribution in [-0.4, -0.2) is 24.0 Å². The first-order chi connectivity index (χ1) is 7.76. The van der Waals surface area contributed by atoms with Crippen molar-refractivity contribution in [3.05, 3.63) is 28.7 Å². The Labute approximate surface area is 124 Å². The summed E-state index contributed by atoms with van der Waals surface area (Å²) < 4.78 is 0. The molecule has 4 nitrogen and oxygen atoms in total. The fourth-order valence-corrected chi connectivity index (χ4v) is 1.87. The lowest BCUT2D eigenvalue weighted by molar-refractivity contribution is 0.862. The number of aromatic nitrogens is 1. The van der Waals surface area contributed by atoms with E-state index in [1.165, 1.54) is 4.88 Å². The second-order valence-electron chi connectivity index (χ2n) is 3.21. The summed E-state index contributed by atoms with van der Waals surface area (Å²) in [5, 5.41) is 7.40. The molecule has 0 amide bonds. The summed E-state index contributed by atoms with van der Waals surface area (Å²) in [6.45, 7) is 9.94. The van der Waals surface area contributed by atoms with Crippen molar-refractivity contribution in [2.75, 3.05) is 13.1 Å². The molecule has 0 spiro atoms. The first-order valence-electron chi connectivity index (χ1n) is 5.30. The van der Waals surface area contributed by atoms with Gasteiger partial charge in [-0.1, -0.05) is 6.08 Å². The highest BCUT2D eigenvalue weighted by atomic mass is 127. The summed E-state index contributed by atoms with van der Waals surface area (Å²) >= 11 is 1.68. The van der Waals surface area contributed by atoms with E-state index >= 15 is 0 Å². The molecule has 96 valence electrons. The number of nitrogens with zero attached hydrogens (tertiary/aromatic N) is 2. The average Bonchev–Trinajstić information content (AvgIpc) is 2.68. The molecule has 0 aliphatic carbocycles. The molecule has 0 radical (unpaired) electrons. The molecule has 0 aliphatic rings. The minimum atomic E-state index is 0. The minimum absolute atomic E-state index is 0. The lowest BCUT2D eigenvalue weighted by atomic mass is 10.5. The van der Waals surface area contributed by atoms with Crippen molar-refractivity contribution < 1.29 is 0 Å². The van der Waals surface area contributed by atoms with E-state index in [1.54, 1.807) is 11.3 Å². The van der Waals surface area contributed by atoms with Crippen LogP contribution in [0.25, 0.3) is 0 Å². The van der Waals surface area contributed by atoms with Gasteiger partial charge < -0.3 is 10.6 Å². The van der Waals surface area contributed by atoms with Crippen molar-refractivity contribution in [2.24, 2.45) is 4.99 Å². The van der Waals surface area contributed by atoms with Gasteiger partial charge in [0, 0.05) is 24.2 Å². The van der Waals surface area contributed by atoms with E-state index in [0.717, 1.165) is 17.5 Å². The molecule has 6 heteroatoms. The zero-order valence-corrected chi connectivity index (χ0v) is 13.3. The maximum Gasteiger partial charge on any atom is 0.191 e. The van der Waals surface area contributed by atoms with E-state index in [2.05, 4.69) is 27.2 Å². The highest BCUT2D eigenvalue weighted by molar-refractivity contribution is 14.0. The molecule has 0 aliphatic heterocycles. The zero-order valence-electron chi connectivity index (χ0n) is 10.2. The maximum absolute atomic E-state index is 4.45. The summed E-state index contributed by atoms with van der Waals surface area (Å²) in [5.74, 6) is 0.813. The fraction of sp³-hybridized carbons (Fsp3) is 0.455. The van der Waals surface area contributed by atoms with Gasteiger partial charge in [-0.05, 0) is 13.8 Å². The van der Waals surface area contributed by atoms with Gasteiger partial charge in [-0.15, -0.1) is 41.9 Å². The third-order valence-electron chi connectivity index (χ3n) is 1.82. The van der Waals surface area contributed by atoms with Crippen LogP contribution >= 0.6 is 35.3 Å². The van der Waals surface area contributed by atoms with Crippen molar-refractivity contribution in [3.8, 4) is 0 Å². The number of hydrogen-bond donors (Lipinski definition) is 2. The summed E-state index contributed by atoms with van der Waals surface area (Å²) in [7, 11) is 0. The van der Waals surface area contributed by atoms with Gasteiger partial charge in [0.15, 0.2) is 5.96 Å². The van der Waals surface area contributed by atoms with Gasteiger partial charge in [0.1, 0.15) is 0 Å². The van der Waals surface area contributed by atoms with E-state index in [1.807, 2.05) is 26.1 Å². The van der Waals surface area contributed by atoms with Gasteiger partial charge in [0.2, 0.25) is 0 Å². The molecule has 0 aromatic carbocycles. The van der Waals surface area contributed by atoms with E-state index in [0.29, 0.717) is 13.1 Å². The number of halogens is 1. The second kappa shape index (κ2) is 9.41. The summed E-state index contributed by atoms with van der Waals surface area (Å²) in [5.41, 5.74) is 0. The van der Waals surface area contributed by atoms with Gasteiger partial charge >= 0.3 is 0 Å². The Balaban J connectivity index is 0.00000256. The normalized spacial score (nSPS) is 10.6. The molecular weight excluding hydrogens is 347 g/mol. The fourth-order valence-electron chi connectivity index (χ4n) is 1.15. The Morgan fingerprint density at radius 3 is 2.88 bits per heavy atom. The van der Waals surface area contributed by atoms with Crippen LogP contribution in [0.2, 0.25) is 0 Å². The lowest BCUT2D eigenvalue weighted by Gasteiger charge is -2.08. The van der Waals surface area contributed by atoms with Gasteiger partial charge in [0.05, 0.1) is 11.6 Å². The largest absolute Gasteiger partial charge is 0.357 e. The topological polar surface area (TPSA) is 49.3 Å². The molecule has 0 fully saturated rings. The Bertz CT molecular complexity index is 362. The van der Waals surface area contributed by atoms with Crippen molar-refractivity contribution in [1.82, 2.24) is 15.6 Å². The van der Waals surface area contributed by atoms with Crippen LogP contribution in [0.5, 0.6) is 0 Å². The quantitative estimate of drug-likeness (QED) is 0.364. The number of rotatable bonds is 5. The Kier molecular flexibility index (Phi) is 9.06. The van der Waals surface area contributed by atoms with E-state index in [-0.39, 0.29) is 24.0 Å². The summed E-state index contributed by atoms with van der Waals surface area (Å²) in [4.78, 5) is 9.82. The van der Waals surface area contributed by atoms with Crippen LogP contribution in [0.4, 0.5) is 0 Å². The Morgan fingerprint density at radius 2 is 2.35 bits per heavy atom. The number of hydrogen-bond acceptors (Lipinski definition) is 3. The minimum Gasteiger partial charge on any atom is -0.357 e. The number of aliphatic imine (C=N–C) groups is 1. The smallest absolute Gasteiger partial charge is 0.191 e. The highest BCUT2D eigenvalue weighted by Crippen LogP contribution is 2.12. The van der Waals surface area contributed by atoms with Crippen molar-refractivity contribution in [1.29, 1.82) is 0 Å². The monoisotopic (exact) mass is 366 g/mol. The molecule has 1 heterocycles. The molecule has 0 saturated carbocycles. The molecule has 0 saturated heterocycles. The molecule has 0 unspecified atom stereocenters. The number of aryl methyl sites for hydroxylation is 1. The summed E-state index contributed by atoms with van der Waals surface area (Å²) in [6.07, 6.45) is 3.68. The van der Waals surface area contributed by atoms with Crippen LogP contribution < -0.4 is 10.6 Å². The molecule has 1 aromatic rings. The molecule has 1 rings (SSSR count). The van der Waals surface area contributed by atoms with E-state index in [4.69, 9.17) is 0 Å². The average molecular weight is 366 g/mol. The predicted molar refractivity (Wildman–Crippen MR) is 85.3 cm³/mol. The standard InChI is InChI=1S/C11H18N4S.HI/c1-4-6-13-11(12-5-2)15-8-10-7-14-9(3)16-10;/h4,7H,1,5-6,8H2,2-3H3,(H2,12,13,15);1H. The van der Waals surface area contributed by atoms with Crippen molar-refractivity contribution in [3.63, 3.8) is 0 Å². The van der Waals surface area contributed by atoms with Crippen LogP contribution in [0.1, 0.15) is 16.8 Å². The zero-order chi connectivity index (χ0) is 11.8. The first kappa shape index (κ1) is 16.4. The molecule has 2 N–H and O–H groups in total. The van der Waals surface area contributed by atoms with Crippen molar-refractivity contribution in [2.45, 2.75) is 20.4 Å². The SMILES string of the molecule is C=CCNC(=NCc1cnc(C)s1)NCC.I. The second-order valence-corrected chi connectivity index (χ2v) is 4.53. The third-order valence-corrected chi connectivity index (χ3v) is 2.72. The predicted octanol–water partition coefficient (Wildman–Crippen LogP) is 2.31. The van der Waals surface area contributed by atoms with E-state index < -0.39 is 0 Å². The first-order valence-corrected chi connectivity index (χ1v) is 6.12. The Hall–Kier alpha value is -0.630. The third kappa shape index (κ3) is 6.62. The van der Waals surface area contributed by atoms with Gasteiger partial charge in [0.25, 0.3) is 0 Å². The number of guanidine groups is 1. The van der Waals surface area contributed by atoms with Crippen LogP contribution in [-0.2, 0) is 6.54 Å². The molecule has 17 heavy (non-hydrogen) atoms. The van der Waals surface area contributed by atoms with Gasteiger partial charge in [-0.2, -0.15) is 0 Å². The van der Waals surface area contributed by atoms with Crippen LogP contribution in [0, 0.1) is 6.92 Å². The van der Waals surface area contributed by atoms with E-state index in [9.17, 15) is 0 Å². The number of thiazole rings is 1. The maximum atomic E-state index is 4.45. The lowest BCUT2D eigenvalue weighted by Crippen LogP contribution is -2.37. The molecular formula is C11H19IN4S.